The standard InChI is InChI=1S/C19H22N2O4S/c22-18(13-20-19(23)25-14-15-5-2-1-3-6-15)21-9-8-17(26-12-10-21)16-7-4-11-24-16/h1-7,11,17H,8-10,12-14H2,(H,20,23). The largest absolute Gasteiger partial charge is 0.468 e. The normalized spacial score (nSPS) is 17.4. The molecule has 138 valence electrons. The van der Waals surface area contributed by atoms with E-state index in [-0.39, 0.29) is 24.3 Å². The van der Waals surface area contributed by atoms with Gasteiger partial charge in [0.05, 0.1) is 11.5 Å². The molecule has 1 aliphatic heterocycles. The molecule has 1 atom stereocenters. The van der Waals surface area contributed by atoms with Gasteiger partial charge in [0.1, 0.15) is 18.9 Å². The summed E-state index contributed by atoms with van der Waals surface area (Å²) in [5.74, 6) is 1.70. The molecule has 3 rings (SSSR count). The third-order valence-electron chi connectivity index (χ3n) is 4.15. The van der Waals surface area contributed by atoms with Crippen LogP contribution in [0.4, 0.5) is 4.79 Å². The molecule has 0 saturated carbocycles. The van der Waals surface area contributed by atoms with Crippen LogP contribution in [0.1, 0.15) is 23.0 Å². The Kier molecular flexibility index (Phi) is 6.60. The number of hydrogen-bond acceptors (Lipinski definition) is 5. The van der Waals surface area contributed by atoms with E-state index in [0.29, 0.717) is 13.1 Å². The second-order valence-corrected chi connectivity index (χ2v) is 7.27. The van der Waals surface area contributed by atoms with Crippen LogP contribution in [0.15, 0.2) is 53.1 Å². The van der Waals surface area contributed by atoms with E-state index in [0.717, 1.165) is 23.5 Å². The monoisotopic (exact) mass is 374 g/mol. The summed E-state index contributed by atoms with van der Waals surface area (Å²) in [7, 11) is 0. The maximum absolute atomic E-state index is 12.3. The summed E-state index contributed by atoms with van der Waals surface area (Å²) in [6, 6.07) is 13.3. The van der Waals surface area contributed by atoms with Crippen LogP contribution in [0.3, 0.4) is 0 Å². The molecule has 1 aromatic carbocycles. The first-order valence-electron chi connectivity index (χ1n) is 8.59. The van der Waals surface area contributed by atoms with Gasteiger partial charge in [-0.15, -0.1) is 11.8 Å². The minimum atomic E-state index is -0.583. The molecule has 1 fully saturated rings. The van der Waals surface area contributed by atoms with E-state index in [4.69, 9.17) is 9.15 Å². The van der Waals surface area contributed by atoms with Crippen LogP contribution in [0.25, 0.3) is 0 Å². The van der Waals surface area contributed by atoms with E-state index in [1.807, 2.05) is 42.5 Å². The molecule has 2 heterocycles. The van der Waals surface area contributed by atoms with Gasteiger partial charge in [0, 0.05) is 18.8 Å². The molecular formula is C19H22N2O4S. The van der Waals surface area contributed by atoms with Crippen molar-refractivity contribution in [2.75, 3.05) is 25.4 Å². The van der Waals surface area contributed by atoms with Crippen LogP contribution in [0.5, 0.6) is 0 Å². The van der Waals surface area contributed by atoms with Crippen LogP contribution >= 0.6 is 11.8 Å². The summed E-state index contributed by atoms with van der Waals surface area (Å²) in [6.07, 6.45) is 1.93. The predicted molar refractivity (Wildman–Crippen MR) is 99.7 cm³/mol. The molecule has 1 N–H and O–H groups in total. The molecule has 26 heavy (non-hydrogen) atoms. The number of nitrogens with one attached hydrogen (secondary N) is 1. The molecule has 0 spiro atoms. The number of ether oxygens (including phenoxy) is 1. The zero-order valence-corrected chi connectivity index (χ0v) is 15.2. The van der Waals surface area contributed by atoms with Crippen molar-refractivity contribution < 1.29 is 18.7 Å². The molecule has 1 aliphatic rings. The van der Waals surface area contributed by atoms with E-state index in [1.54, 1.807) is 22.9 Å². The Bertz CT molecular complexity index is 706. The Hall–Kier alpha value is -2.41. The fraction of sp³-hybridized carbons (Fsp3) is 0.368. The van der Waals surface area contributed by atoms with Crippen molar-refractivity contribution in [1.82, 2.24) is 10.2 Å². The number of hydrogen-bond donors (Lipinski definition) is 1. The number of benzene rings is 1. The maximum atomic E-state index is 12.3. The van der Waals surface area contributed by atoms with Gasteiger partial charge in [-0.2, -0.15) is 0 Å². The number of alkyl carbamates (subject to hydrolysis) is 1. The van der Waals surface area contributed by atoms with Gasteiger partial charge in [-0.3, -0.25) is 4.79 Å². The molecule has 0 radical (unpaired) electrons. The van der Waals surface area contributed by atoms with E-state index < -0.39 is 6.09 Å². The maximum Gasteiger partial charge on any atom is 0.407 e. The van der Waals surface area contributed by atoms with Crippen molar-refractivity contribution in [3.63, 3.8) is 0 Å². The first-order valence-corrected chi connectivity index (χ1v) is 9.64. The van der Waals surface area contributed by atoms with Crippen LogP contribution in [0, 0.1) is 0 Å². The van der Waals surface area contributed by atoms with Crippen molar-refractivity contribution in [1.29, 1.82) is 0 Å². The minimum Gasteiger partial charge on any atom is -0.468 e. The number of rotatable bonds is 5. The SMILES string of the molecule is O=C(NCC(=O)N1CCSC(c2ccco2)CC1)OCc1ccccc1. The molecule has 2 aromatic rings. The first kappa shape index (κ1) is 18.4. The van der Waals surface area contributed by atoms with Crippen LogP contribution in [-0.4, -0.2) is 42.3 Å². The molecule has 0 aliphatic carbocycles. The summed E-state index contributed by atoms with van der Waals surface area (Å²) < 4.78 is 10.6. The van der Waals surface area contributed by atoms with Gasteiger partial charge in [0.25, 0.3) is 0 Å². The minimum absolute atomic E-state index is 0.0519. The smallest absolute Gasteiger partial charge is 0.407 e. The fourth-order valence-corrected chi connectivity index (χ4v) is 3.94. The van der Waals surface area contributed by atoms with Crippen molar-refractivity contribution in [2.45, 2.75) is 18.3 Å². The predicted octanol–water partition coefficient (Wildman–Crippen LogP) is 3.21. The van der Waals surface area contributed by atoms with E-state index >= 15 is 0 Å². The summed E-state index contributed by atoms with van der Waals surface area (Å²) >= 11 is 1.79. The molecular weight excluding hydrogens is 352 g/mol. The number of carbonyl (C=O) groups is 2. The third kappa shape index (κ3) is 5.29. The lowest BCUT2D eigenvalue weighted by Crippen LogP contribution is -2.41. The second-order valence-electron chi connectivity index (χ2n) is 5.96. The van der Waals surface area contributed by atoms with Crippen molar-refractivity contribution in [3.05, 3.63) is 60.1 Å². The Labute approximate surface area is 156 Å². The van der Waals surface area contributed by atoms with Crippen LogP contribution < -0.4 is 5.32 Å². The highest BCUT2D eigenvalue weighted by Gasteiger charge is 2.23. The lowest BCUT2D eigenvalue weighted by molar-refractivity contribution is -0.129. The molecule has 0 bridgehead atoms. The van der Waals surface area contributed by atoms with E-state index in [2.05, 4.69) is 5.32 Å². The molecule has 1 unspecified atom stereocenters. The Morgan fingerprint density at radius 1 is 1.19 bits per heavy atom. The van der Waals surface area contributed by atoms with Crippen molar-refractivity contribution >= 4 is 23.8 Å². The highest BCUT2D eigenvalue weighted by Crippen LogP contribution is 2.34. The third-order valence-corrected chi connectivity index (χ3v) is 5.44. The number of amides is 2. The molecule has 2 amide bonds. The zero-order chi connectivity index (χ0) is 18.2. The quantitative estimate of drug-likeness (QED) is 0.870. The van der Waals surface area contributed by atoms with Gasteiger partial charge in [0.15, 0.2) is 0 Å². The Balaban J connectivity index is 1.39. The summed E-state index contributed by atoms with van der Waals surface area (Å²) in [5, 5.41) is 2.80. The topological polar surface area (TPSA) is 71.8 Å². The molecule has 7 heteroatoms. The summed E-state index contributed by atoms with van der Waals surface area (Å²) in [6.45, 7) is 1.45. The molecule has 6 nitrogen and oxygen atoms in total. The summed E-state index contributed by atoms with van der Waals surface area (Å²) in [4.78, 5) is 25.9. The van der Waals surface area contributed by atoms with Crippen LogP contribution in [0.2, 0.25) is 0 Å². The average Bonchev–Trinajstić information content (AvgIpc) is 3.10. The number of nitrogens with zero attached hydrogens (tertiary/aromatic N) is 1. The first-order chi connectivity index (χ1) is 12.7. The summed E-state index contributed by atoms with van der Waals surface area (Å²) in [5.41, 5.74) is 0.905. The van der Waals surface area contributed by atoms with Crippen LogP contribution in [-0.2, 0) is 16.1 Å². The van der Waals surface area contributed by atoms with E-state index in [1.165, 1.54) is 0 Å². The van der Waals surface area contributed by atoms with Gasteiger partial charge < -0.3 is 19.4 Å². The van der Waals surface area contributed by atoms with Gasteiger partial charge in [-0.05, 0) is 24.1 Å². The van der Waals surface area contributed by atoms with Crippen molar-refractivity contribution in [2.24, 2.45) is 0 Å². The van der Waals surface area contributed by atoms with Gasteiger partial charge in [0.2, 0.25) is 5.91 Å². The highest BCUT2D eigenvalue weighted by molar-refractivity contribution is 7.99. The van der Waals surface area contributed by atoms with Gasteiger partial charge >= 0.3 is 6.09 Å². The number of carbonyl (C=O) groups excluding carboxylic acids is 2. The average molecular weight is 374 g/mol. The highest BCUT2D eigenvalue weighted by atomic mass is 32.2. The fourth-order valence-electron chi connectivity index (χ4n) is 2.76. The van der Waals surface area contributed by atoms with Gasteiger partial charge in [-0.1, -0.05) is 30.3 Å². The second kappa shape index (κ2) is 9.33. The van der Waals surface area contributed by atoms with E-state index in [9.17, 15) is 9.59 Å². The molecule has 1 aromatic heterocycles. The van der Waals surface area contributed by atoms with Crippen molar-refractivity contribution in [3.8, 4) is 0 Å². The zero-order valence-electron chi connectivity index (χ0n) is 14.4. The Morgan fingerprint density at radius 2 is 2.04 bits per heavy atom. The molecule has 1 saturated heterocycles. The Morgan fingerprint density at radius 3 is 2.81 bits per heavy atom. The van der Waals surface area contributed by atoms with Gasteiger partial charge in [-0.25, -0.2) is 4.79 Å². The number of furan rings is 1. The number of thioether (sulfide) groups is 1. The lowest BCUT2D eigenvalue weighted by Gasteiger charge is -2.20. The lowest BCUT2D eigenvalue weighted by atomic mass is 10.2.